The van der Waals surface area contributed by atoms with Crippen molar-refractivity contribution in [3.63, 3.8) is 0 Å². The summed E-state index contributed by atoms with van der Waals surface area (Å²) in [6.45, 7) is 0. The van der Waals surface area contributed by atoms with Crippen LogP contribution < -0.4 is 4.90 Å². The molecule has 1 aliphatic rings. The molecule has 2 aromatic carbocycles. The lowest BCUT2D eigenvalue weighted by molar-refractivity contribution is -0.384. The highest BCUT2D eigenvalue weighted by Gasteiger charge is 2.40. The van der Waals surface area contributed by atoms with Crippen LogP contribution in [0.1, 0.15) is 17.9 Å². The molecule has 6 nitrogen and oxygen atoms in total. The van der Waals surface area contributed by atoms with E-state index in [1.807, 2.05) is 12.1 Å². The number of carbonyl (C=O) groups is 2. The minimum absolute atomic E-state index is 0.0417. The zero-order valence-corrected chi connectivity index (χ0v) is 14.0. The number of rotatable bonds is 3. The van der Waals surface area contributed by atoms with Crippen molar-refractivity contribution in [1.29, 1.82) is 0 Å². The third kappa shape index (κ3) is 2.96. The average Bonchev–Trinajstić information content (AvgIpc) is 2.83. The number of imide groups is 1. The lowest BCUT2D eigenvalue weighted by atomic mass is 9.97. The van der Waals surface area contributed by atoms with Crippen LogP contribution in [0.15, 0.2) is 48.5 Å². The number of carbonyl (C=O) groups excluding carboxylic acids is 2. The minimum atomic E-state index is -0.595. The molecule has 0 bridgehead atoms. The smallest absolute Gasteiger partial charge is 0.269 e. The molecule has 1 atom stereocenters. The molecule has 0 unspecified atom stereocenters. The van der Waals surface area contributed by atoms with Crippen molar-refractivity contribution in [3.8, 4) is 0 Å². The van der Waals surface area contributed by atoms with Crippen LogP contribution in [0.3, 0.4) is 0 Å². The third-order valence-electron chi connectivity index (χ3n) is 3.74. The summed E-state index contributed by atoms with van der Waals surface area (Å²) in [5.41, 5.74) is 1.12. The van der Waals surface area contributed by atoms with Gasteiger partial charge in [0, 0.05) is 22.1 Å². The van der Waals surface area contributed by atoms with Gasteiger partial charge in [-0.1, -0.05) is 12.1 Å². The van der Waals surface area contributed by atoms with Gasteiger partial charge in [0.1, 0.15) is 0 Å². The number of nitrogens with zero attached hydrogens (tertiary/aromatic N) is 2. The van der Waals surface area contributed by atoms with Gasteiger partial charge in [-0.2, -0.15) is 0 Å². The van der Waals surface area contributed by atoms with Crippen LogP contribution in [0, 0.1) is 13.7 Å². The summed E-state index contributed by atoms with van der Waals surface area (Å²) >= 11 is 2.15. The van der Waals surface area contributed by atoms with Crippen molar-refractivity contribution in [1.82, 2.24) is 0 Å². The van der Waals surface area contributed by atoms with E-state index in [0.29, 0.717) is 11.3 Å². The fraction of sp³-hybridized carbons (Fsp3) is 0.125. The summed E-state index contributed by atoms with van der Waals surface area (Å²) in [4.78, 5) is 36.2. The third-order valence-corrected chi connectivity index (χ3v) is 4.46. The maximum atomic E-state index is 12.6. The van der Waals surface area contributed by atoms with Crippen LogP contribution in [0.5, 0.6) is 0 Å². The monoisotopic (exact) mass is 422 g/mol. The van der Waals surface area contributed by atoms with E-state index in [-0.39, 0.29) is 23.9 Å². The van der Waals surface area contributed by atoms with Crippen LogP contribution >= 0.6 is 22.6 Å². The Balaban J connectivity index is 1.88. The van der Waals surface area contributed by atoms with Gasteiger partial charge < -0.3 is 0 Å². The number of hydrogen-bond acceptors (Lipinski definition) is 4. The van der Waals surface area contributed by atoms with Crippen molar-refractivity contribution in [3.05, 3.63) is 67.8 Å². The normalized spacial score (nSPS) is 17.6. The average molecular weight is 422 g/mol. The first-order chi connectivity index (χ1) is 11.0. The van der Waals surface area contributed by atoms with Gasteiger partial charge in [0.25, 0.3) is 5.69 Å². The molecule has 0 saturated carbocycles. The Labute approximate surface area is 145 Å². The van der Waals surface area contributed by atoms with E-state index in [9.17, 15) is 19.7 Å². The molecule has 1 heterocycles. The Morgan fingerprint density at radius 2 is 1.65 bits per heavy atom. The molecule has 1 aliphatic heterocycles. The molecule has 0 radical (unpaired) electrons. The first kappa shape index (κ1) is 15.6. The maximum Gasteiger partial charge on any atom is 0.269 e. The molecule has 3 rings (SSSR count). The summed E-state index contributed by atoms with van der Waals surface area (Å²) < 4.78 is 1.01. The highest BCUT2D eigenvalue weighted by molar-refractivity contribution is 14.1. The SMILES string of the molecule is O=C1C[C@@H](c2ccc([N+](=O)[O-])cc2)C(=O)N1c1ccc(I)cc1. The summed E-state index contributed by atoms with van der Waals surface area (Å²) in [6, 6.07) is 12.9. The molecule has 1 fully saturated rings. The first-order valence-corrected chi connectivity index (χ1v) is 7.92. The zero-order valence-electron chi connectivity index (χ0n) is 11.8. The fourth-order valence-electron chi connectivity index (χ4n) is 2.58. The van der Waals surface area contributed by atoms with E-state index in [4.69, 9.17) is 0 Å². The largest absolute Gasteiger partial charge is 0.274 e. The van der Waals surface area contributed by atoms with Gasteiger partial charge in [0.15, 0.2) is 0 Å². The second kappa shape index (κ2) is 6.07. The van der Waals surface area contributed by atoms with E-state index in [1.165, 1.54) is 29.2 Å². The van der Waals surface area contributed by atoms with E-state index < -0.39 is 10.8 Å². The summed E-state index contributed by atoms with van der Waals surface area (Å²) in [6.07, 6.45) is 0.0721. The molecule has 23 heavy (non-hydrogen) atoms. The van der Waals surface area contributed by atoms with E-state index in [0.717, 1.165) is 3.57 Å². The fourth-order valence-corrected chi connectivity index (χ4v) is 2.94. The Morgan fingerprint density at radius 1 is 1.04 bits per heavy atom. The highest BCUT2D eigenvalue weighted by Crippen LogP contribution is 2.33. The highest BCUT2D eigenvalue weighted by atomic mass is 127. The number of amides is 2. The van der Waals surface area contributed by atoms with Crippen molar-refractivity contribution < 1.29 is 14.5 Å². The summed E-state index contributed by atoms with van der Waals surface area (Å²) in [7, 11) is 0. The lowest BCUT2D eigenvalue weighted by Crippen LogP contribution is -2.29. The van der Waals surface area contributed by atoms with Crippen LogP contribution in [0.4, 0.5) is 11.4 Å². The molecule has 1 saturated heterocycles. The second-order valence-electron chi connectivity index (χ2n) is 5.15. The zero-order chi connectivity index (χ0) is 16.6. The van der Waals surface area contributed by atoms with Gasteiger partial charge in [-0.15, -0.1) is 0 Å². The van der Waals surface area contributed by atoms with Crippen LogP contribution in [0.2, 0.25) is 0 Å². The predicted octanol–water partition coefficient (Wildman–Crippen LogP) is 3.25. The number of halogens is 1. The molecule has 0 aromatic heterocycles. The standard InChI is InChI=1S/C16H11IN2O4/c17-11-3-7-12(8-4-11)18-15(20)9-14(16(18)21)10-1-5-13(6-2-10)19(22)23/h1-8,14H,9H2/t14-/m0/s1. The van der Waals surface area contributed by atoms with E-state index in [1.54, 1.807) is 12.1 Å². The van der Waals surface area contributed by atoms with Gasteiger partial charge >= 0.3 is 0 Å². The molecular weight excluding hydrogens is 411 g/mol. The number of non-ortho nitro benzene ring substituents is 1. The van der Waals surface area contributed by atoms with Gasteiger partial charge in [-0.25, -0.2) is 0 Å². The van der Waals surface area contributed by atoms with Crippen molar-refractivity contribution in [2.45, 2.75) is 12.3 Å². The number of nitro benzene ring substituents is 1. The molecule has 0 aliphatic carbocycles. The van der Waals surface area contributed by atoms with Gasteiger partial charge in [-0.3, -0.25) is 24.6 Å². The Kier molecular flexibility index (Phi) is 4.12. The predicted molar refractivity (Wildman–Crippen MR) is 92.1 cm³/mol. The Hall–Kier alpha value is -2.29. The van der Waals surface area contributed by atoms with Crippen molar-refractivity contribution >= 4 is 45.8 Å². The molecule has 0 N–H and O–H groups in total. The summed E-state index contributed by atoms with van der Waals surface area (Å²) in [5, 5.41) is 10.7. The molecule has 0 spiro atoms. The van der Waals surface area contributed by atoms with E-state index in [2.05, 4.69) is 22.6 Å². The number of hydrogen-bond donors (Lipinski definition) is 0. The summed E-state index contributed by atoms with van der Waals surface area (Å²) in [5.74, 6) is -1.16. The topological polar surface area (TPSA) is 80.5 Å². The lowest BCUT2D eigenvalue weighted by Gasteiger charge is -2.15. The quantitative estimate of drug-likeness (QED) is 0.329. The van der Waals surface area contributed by atoms with Gasteiger partial charge in [0.05, 0.1) is 16.5 Å². The van der Waals surface area contributed by atoms with Gasteiger partial charge in [0.2, 0.25) is 11.8 Å². The number of nitro groups is 1. The Morgan fingerprint density at radius 3 is 2.22 bits per heavy atom. The minimum Gasteiger partial charge on any atom is -0.274 e. The van der Waals surface area contributed by atoms with Crippen molar-refractivity contribution in [2.75, 3.05) is 4.90 Å². The molecule has 2 amide bonds. The van der Waals surface area contributed by atoms with Crippen molar-refractivity contribution in [2.24, 2.45) is 0 Å². The van der Waals surface area contributed by atoms with Crippen LogP contribution in [0.25, 0.3) is 0 Å². The second-order valence-corrected chi connectivity index (χ2v) is 6.39. The Bertz CT molecular complexity index is 787. The number of anilines is 1. The molecule has 116 valence electrons. The van der Waals surface area contributed by atoms with Crippen LogP contribution in [-0.2, 0) is 9.59 Å². The van der Waals surface area contributed by atoms with Gasteiger partial charge in [-0.05, 0) is 52.4 Å². The molecule has 7 heteroatoms. The van der Waals surface area contributed by atoms with E-state index >= 15 is 0 Å². The molecular formula is C16H11IN2O4. The number of benzene rings is 2. The maximum absolute atomic E-state index is 12.6. The van der Waals surface area contributed by atoms with Crippen LogP contribution in [-0.4, -0.2) is 16.7 Å². The first-order valence-electron chi connectivity index (χ1n) is 6.84. The molecule has 2 aromatic rings.